The highest BCUT2D eigenvalue weighted by atomic mass is 16.5. The first-order valence-corrected chi connectivity index (χ1v) is 9.72. The van der Waals surface area contributed by atoms with Crippen molar-refractivity contribution in [2.24, 2.45) is 0 Å². The largest absolute Gasteiger partial charge is 0.454 e. The van der Waals surface area contributed by atoms with Crippen LogP contribution in [0, 0.1) is 6.92 Å². The van der Waals surface area contributed by atoms with Gasteiger partial charge in [-0.15, -0.1) is 0 Å². The number of hydrogen-bond donors (Lipinski definition) is 0. The molecule has 3 aromatic rings. The van der Waals surface area contributed by atoms with Crippen LogP contribution in [0.1, 0.15) is 49.1 Å². The van der Waals surface area contributed by atoms with Crippen LogP contribution in [-0.4, -0.2) is 23.8 Å². The molecule has 0 saturated heterocycles. The van der Waals surface area contributed by atoms with Gasteiger partial charge in [-0.2, -0.15) is 0 Å². The van der Waals surface area contributed by atoms with Gasteiger partial charge in [0.1, 0.15) is 6.10 Å². The third kappa shape index (κ3) is 3.92. The molecule has 0 aromatic heterocycles. The van der Waals surface area contributed by atoms with Crippen molar-refractivity contribution in [1.29, 1.82) is 0 Å². The second-order valence-electron chi connectivity index (χ2n) is 7.47. The van der Waals surface area contributed by atoms with Crippen molar-refractivity contribution in [3.63, 3.8) is 0 Å². The summed E-state index contributed by atoms with van der Waals surface area (Å²) in [5.74, 6) is -0.404. The van der Waals surface area contributed by atoms with E-state index in [1.54, 1.807) is 24.1 Å². The smallest absolute Gasteiger partial charge is 0.339 e. The second-order valence-corrected chi connectivity index (χ2v) is 7.47. The average molecular weight is 385 g/mol. The zero-order valence-corrected chi connectivity index (χ0v) is 16.6. The van der Waals surface area contributed by atoms with Gasteiger partial charge in [0.05, 0.1) is 5.56 Å². The molecule has 146 valence electrons. The second kappa shape index (κ2) is 7.92. The minimum atomic E-state index is -0.340. The molecule has 4 rings (SSSR count). The molecule has 1 aliphatic rings. The van der Waals surface area contributed by atoms with Crippen LogP contribution in [0.2, 0.25) is 0 Å². The maximum atomic E-state index is 13.0. The summed E-state index contributed by atoms with van der Waals surface area (Å²) in [7, 11) is 1.80. The van der Waals surface area contributed by atoms with Gasteiger partial charge in [0.2, 0.25) is 0 Å². The van der Waals surface area contributed by atoms with Crippen molar-refractivity contribution < 1.29 is 14.3 Å². The van der Waals surface area contributed by atoms with Crippen molar-refractivity contribution in [1.82, 2.24) is 4.90 Å². The fourth-order valence-electron chi connectivity index (χ4n) is 3.72. The molecule has 1 atom stereocenters. The summed E-state index contributed by atoms with van der Waals surface area (Å²) >= 11 is 0. The first-order chi connectivity index (χ1) is 14.0. The number of esters is 1. The van der Waals surface area contributed by atoms with E-state index >= 15 is 0 Å². The molecule has 0 saturated carbocycles. The highest BCUT2D eigenvalue weighted by Gasteiger charge is 2.28. The Morgan fingerprint density at radius 3 is 2.52 bits per heavy atom. The van der Waals surface area contributed by atoms with E-state index in [0.29, 0.717) is 24.1 Å². The first-order valence-electron chi connectivity index (χ1n) is 9.72. The molecule has 0 radical (unpaired) electrons. The summed E-state index contributed by atoms with van der Waals surface area (Å²) in [5, 5.41) is 0. The van der Waals surface area contributed by atoms with Gasteiger partial charge >= 0.3 is 5.97 Å². The Hall–Kier alpha value is -3.40. The topological polar surface area (TPSA) is 46.6 Å². The number of ether oxygens (including phenoxy) is 1. The lowest BCUT2D eigenvalue weighted by molar-refractivity contribution is 0.0252. The van der Waals surface area contributed by atoms with E-state index in [2.05, 4.69) is 0 Å². The van der Waals surface area contributed by atoms with E-state index in [4.69, 9.17) is 4.74 Å². The Kier molecular flexibility index (Phi) is 5.17. The number of aryl methyl sites for hydroxylation is 1. The van der Waals surface area contributed by atoms with Crippen LogP contribution >= 0.6 is 0 Å². The number of benzene rings is 3. The van der Waals surface area contributed by atoms with E-state index in [0.717, 1.165) is 22.3 Å². The van der Waals surface area contributed by atoms with E-state index in [-0.39, 0.29) is 18.0 Å². The van der Waals surface area contributed by atoms with Crippen LogP contribution in [0.4, 0.5) is 0 Å². The molecule has 1 amide bonds. The minimum Gasteiger partial charge on any atom is -0.454 e. The Morgan fingerprint density at radius 2 is 1.76 bits per heavy atom. The number of carbonyl (C=O) groups is 2. The lowest BCUT2D eigenvalue weighted by Crippen LogP contribution is -2.27. The SMILES string of the molecule is Cc1ccccc1CN(C)C(=O)c1ccc2c(c1)CC(c1ccccc1)OC2=O. The summed E-state index contributed by atoms with van der Waals surface area (Å²) in [6.07, 6.45) is 0.236. The summed E-state index contributed by atoms with van der Waals surface area (Å²) in [6.45, 7) is 2.58. The average Bonchev–Trinajstić information content (AvgIpc) is 2.75. The zero-order chi connectivity index (χ0) is 20.4. The molecule has 4 heteroatoms. The summed E-state index contributed by atoms with van der Waals surface area (Å²) in [5.41, 5.74) is 5.21. The predicted molar refractivity (Wildman–Crippen MR) is 112 cm³/mol. The fourth-order valence-corrected chi connectivity index (χ4v) is 3.72. The van der Waals surface area contributed by atoms with E-state index in [1.807, 2.05) is 67.6 Å². The molecule has 4 nitrogen and oxygen atoms in total. The standard InChI is InChI=1S/C25H23NO3/c1-17-8-6-7-11-20(17)16-26(2)24(27)19-12-13-22-21(14-19)15-23(29-25(22)28)18-9-4-3-5-10-18/h3-14,23H,15-16H2,1-2H3. The Labute approximate surface area is 170 Å². The quantitative estimate of drug-likeness (QED) is 0.611. The zero-order valence-electron chi connectivity index (χ0n) is 16.6. The third-order valence-electron chi connectivity index (χ3n) is 5.41. The molecule has 1 aliphatic heterocycles. The van der Waals surface area contributed by atoms with Gasteiger partial charge in [-0.25, -0.2) is 4.79 Å². The van der Waals surface area contributed by atoms with Crippen molar-refractivity contribution in [3.8, 4) is 0 Å². The van der Waals surface area contributed by atoms with Crippen LogP contribution in [0.15, 0.2) is 72.8 Å². The predicted octanol–water partition coefficient (Wildman–Crippen LogP) is 4.72. The van der Waals surface area contributed by atoms with E-state index in [1.165, 1.54) is 0 Å². The van der Waals surface area contributed by atoms with E-state index in [9.17, 15) is 9.59 Å². The molecular formula is C25H23NO3. The molecule has 1 heterocycles. The lowest BCUT2D eigenvalue weighted by Gasteiger charge is -2.26. The molecule has 29 heavy (non-hydrogen) atoms. The number of nitrogens with zero attached hydrogens (tertiary/aromatic N) is 1. The lowest BCUT2D eigenvalue weighted by atomic mass is 9.93. The van der Waals surface area contributed by atoms with Crippen LogP contribution in [0.25, 0.3) is 0 Å². The highest BCUT2D eigenvalue weighted by Crippen LogP contribution is 2.31. The minimum absolute atomic E-state index is 0.0637. The Balaban J connectivity index is 1.56. The summed E-state index contributed by atoms with van der Waals surface area (Å²) in [6, 6.07) is 23.0. The molecule has 1 unspecified atom stereocenters. The maximum Gasteiger partial charge on any atom is 0.339 e. The molecule has 0 bridgehead atoms. The van der Waals surface area contributed by atoms with Crippen molar-refractivity contribution in [3.05, 3.63) is 106 Å². The van der Waals surface area contributed by atoms with Gasteiger partial charge in [0.25, 0.3) is 5.91 Å². The van der Waals surface area contributed by atoms with Crippen LogP contribution < -0.4 is 0 Å². The van der Waals surface area contributed by atoms with Crippen LogP contribution in [-0.2, 0) is 17.7 Å². The van der Waals surface area contributed by atoms with Gasteiger partial charge in [0, 0.05) is 25.6 Å². The molecule has 3 aromatic carbocycles. The number of cyclic esters (lactones) is 1. The van der Waals surface area contributed by atoms with Gasteiger partial charge in [-0.1, -0.05) is 54.6 Å². The van der Waals surface area contributed by atoms with Crippen LogP contribution in [0.3, 0.4) is 0 Å². The molecular weight excluding hydrogens is 362 g/mol. The molecule has 0 aliphatic carbocycles. The number of carbonyl (C=O) groups excluding carboxylic acids is 2. The Morgan fingerprint density at radius 1 is 1.03 bits per heavy atom. The third-order valence-corrected chi connectivity index (χ3v) is 5.41. The molecule has 0 spiro atoms. The van der Waals surface area contributed by atoms with Crippen molar-refractivity contribution in [2.45, 2.75) is 26.0 Å². The first kappa shape index (κ1) is 18.9. The highest BCUT2D eigenvalue weighted by molar-refractivity contribution is 5.97. The molecule has 0 N–H and O–H groups in total. The van der Waals surface area contributed by atoms with Crippen molar-refractivity contribution >= 4 is 11.9 Å². The normalized spacial score (nSPS) is 15.4. The summed E-state index contributed by atoms with van der Waals surface area (Å²) in [4.78, 5) is 27.1. The number of rotatable bonds is 4. The summed E-state index contributed by atoms with van der Waals surface area (Å²) < 4.78 is 5.60. The number of hydrogen-bond acceptors (Lipinski definition) is 3. The van der Waals surface area contributed by atoms with Gasteiger partial charge < -0.3 is 9.64 Å². The fraction of sp³-hybridized carbons (Fsp3) is 0.200. The van der Waals surface area contributed by atoms with Gasteiger partial charge in [-0.3, -0.25) is 4.79 Å². The number of fused-ring (bicyclic) bond motifs is 1. The van der Waals surface area contributed by atoms with Crippen molar-refractivity contribution in [2.75, 3.05) is 7.05 Å². The molecule has 0 fully saturated rings. The Bertz CT molecular complexity index is 1060. The monoisotopic (exact) mass is 385 g/mol. The maximum absolute atomic E-state index is 13.0. The van der Waals surface area contributed by atoms with Crippen LogP contribution in [0.5, 0.6) is 0 Å². The number of amides is 1. The van der Waals surface area contributed by atoms with E-state index < -0.39 is 0 Å². The van der Waals surface area contributed by atoms with Gasteiger partial charge in [0.15, 0.2) is 0 Å². The van der Waals surface area contributed by atoms with Gasteiger partial charge in [-0.05, 0) is 47.4 Å².